The summed E-state index contributed by atoms with van der Waals surface area (Å²) in [5, 5.41) is 4.04. The van der Waals surface area contributed by atoms with Gasteiger partial charge >= 0.3 is 0 Å². The van der Waals surface area contributed by atoms with Crippen LogP contribution in [0.2, 0.25) is 5.02 Å². The van der Waals surface area contributed by atoms with Crippen molar-refractivity contribution in [1.82, 2.24) is 10.3 Å². The second kappa shape index (κ2) is 6.85. The van der Waals surface area contributed by atoms with Crippen molar-refractivity contribution in [2.75, 3.05) is 13.1 Å². The first-order valence-corrected chi connectivity index (χ1v) is 8.17. The van der Waals surface area contributed by atoms with Crippen LogP contribution in [0.25, 0.3) is 0 Å². The number of pyridine rings is 1. The number of hydrogen-bond acceptors (Lipinski definition) is 3. The normalized spacial score (nSPS) is 18.9. The molecule has 0 aliphatic carbocycles. The van der Waals surface area contributed by atoms with Gasteiger partial charge in [0.05, 0.1) is 6.20 Å². The average Bonchev–Trinajstić information content (AvgIpc) is 3.00. The molecule has 1 aromatic carbocycles. The first-order chi connectivity index (χ1) is 11.0. The van der Waals surface area contributed by atoms with Gasteiger partial charge in [-0.05, 0) is 56.1 Å². The molecule has 3 nitrogen and oxygen atoms in total. The van der Waals surface area contributed by atoms with Crippen LogP contribution in [0.4, 0.5) is 4.39 Å². The highest BCUT2D eigenvalue weighted by Gasteiger charge is 2.29. The van der Waals surface area contributed by atoms with Gasteiger partial charge in [0.1, 0.15) is 17.7 Å². The average molecular weight is 335 g/mol. The van der Waals surface area contributed by atoms with E-state index in [4.69, 9.17) is 16.3 Å². The zero-order chi connectivity index (χ0) is 16.4. The predicted octanol–water partition coefficient (Wildman–Crippen LogP) is 4.22. The summed E-state index contributed by atoms with van der Waals surface area (Å²) in [5.41, 5.74) is 2.73. The minimum absolute atomic E-state index is 0.230. The molecule has 122 valence electrons. The maximum absolute atomic E-state index is 13.6. The number of rotatable bonds is 4. The highest BCUT2D eigenvalue weighted by Crippen LogP contribution is 2.36. The Hall–Kier alpha value is -1.65. The van der Waals surface area contributed by atoms with Gasteiger partial charge in [-0.25, -0.2) is 4.39 Å². The molecule has 0 saturated carbocycles. The quantitative estimate of drug-likeness (QED) is 0.909. The van der Waals surface area contributed by atoms with Crippen LogP contribution in [0.15, 0.2) is 30.6 Å². The van der Waals surface area contributed by atoms with E-state index in [1.165, 1.54) is 12.3 Å². The number of benzene rings is 1. The number of ether oxygens (including phenoxy) is 1. The molecule has 1 aliphatic heterocycles. The number of halogens is 2. The van der Waals surface area contributed by atoms with Crippen molar-refractivity contribution in [1.29, 1.82) is 0 Å². The molecule has 0 amide bonds. The van der Waals surface area contributed by atoms with Gasteiger partial charge in [-0.15, -0.1) is 0 Å². The number of nitrogens with zero attached hydrogens (tertiary/aromatic N) is 1. The first kappa shape index (κ1) is 16.2. The molecule has 23 heavy (non-hydrogen) atoms. The highest BCUT2D eigenvalue weighted by atomic mass is 35.5. The lowest BCUT2D eigenvalue weighted by Gasteiger charge is -2.26. The number of aryl methyl sites for hydroxylation is 2. The number of hydrogen-bond donors (Lipinski definition) is 1. The molecule has 2 unspecified atom stereocenters. The largest absolute Gasteiger partial charge is 0.485 e. The summed E-state index contributed by atoms with van der Waals surface area (Å²) < 4.78 is 20.0. The summed E-state index contributed by atoms with van der Waals surface area (Å²) in [4.78, 5) is 3.98. The van der Waals surface area contributed by atoms with Crippen molar-refractivity contribution >= 4 is 11.6 Å². The van der Waals surface area contributed by atoms with E-state index in [0.29, 0.717) is 5.02 Å². The van der Waals surface area contributed by atoms with Gasteiger partial charge in [0, 0.05) is 29.2 Å². The lowest BCUT2D eigenvalue weighted by molar-refractivity contribution is 0.141. The fraction of sp³-hybridized carbons (Fsp3) is 0.389. The molecule has 1 fully saturated rings. The minimum atomic E-state index is -0.341. The Morgan fingerprint density at radius 3 is 2.61 bits per heavy atom. The van der Waals surface area contributed by atoms with Gasteiger partial charge < -0.3 is 10.1 Å². The third kappa shape index (κ3) is 3.65. The van der Waals surface area contributed by atoms with Crippen LogP contribution in [0.1, 0.15) is 29.2 Å². The summed E-state index contributed by atoms with van der Waals surface area (Å²) in [6.07, 6.45) is 3.66. The standard InChI is InChI=1S/C18H20ClFN2O/c1-11-5-15(19)6-12(2)17(11)23-18(13-3-4-21-8-13)14-7-16(20)10-22-9-14/h5-7,9-10,13,18,21H,3-4,8H2,1-2H3. The van der Waals surface area contributed by atoms with Gasteiger partial charge in [0.2, 0.25) is 0 Å². The van der Waals surface area contributed by atoms with Crippen molar-refractivity contribution < 1.29 is 9.13 Å². The van der Waals surface area contributed by atoms with Gasteiger partial charge in [0.25, 0.3) is 0 Å². The van der Waals surface area contributed by atoms with Gasteiger partial charge in [0.15, 0.2) is 0 Å². The Morgan fingerprint density at radius 1 is 1.26 bits per heavy atom. The molecule has 1 saturated heterocycles. The molecule has 5 heteroatoms. The van der Waals surface area contributed by atoms with Crippen molar-refractivity contribution in [3.05, 3.63) is 58.1 Å². The van der Waals surface area contributed by atoms with Crippen LogP contribution in [-0.4, -0.2) is 18.1 Å². The molecule has 2 heterocycles. The van der Waals surface area contributed by atoms with Crippen LogP contribution in [0.3, 0.4) is 0 Å². The summed E-state index contributed by atoms with van der Waals surface area (Å²) in [7, 11) is 0. The lowest BCUT2D eigenvalue weighted by atomic mass is 9.95. The minimum Gasteiger partial charge on any atom is -0.485 e. The Kier molecular flexibility index (Phi) is 4.83. The molecule has 2 atom stereocenters. The third-order valence-electron chi connectivity index (χ3n) is 4.25. The van der Waals surface area contributed by atoms with Crippen LogP contribution >= 0.6 is 11.6 Å². The molecule has 1 N–H and O–H groups in total. The van der Waals surface area contributed by atoms with E-state index in [1.807, 2.05) is 26.0 Å². The Labute approximate surface area is 140 Å². The molecule has 2 aromatic rings. The van der Waals surface area contributed by atoms with Crippen molar-refractivity contribution in [3.63, 3.8) is 0 Å². The fourth-order valence-electron chi connectivity index (χ4n) is 3.17. The second-order valence-electron chi connectivity index (χ2n) is 6.10. The zero-order valence-electron chi connectivity index (χ0n) is 13.3. The van der Waals surface area contributed by atoms with E-state index in [-0.39, 0.29) is 17.8 Å². The topological polar surface area (TPSA) is 34.1 Å². The summed E-state index contributed by atoms with van der Waals surface area (Å²) >= 11 is 6.10. The van der Waals surface area contributed by atoms with E-state index >= 15 is 0 Å². The summed E-state index contributed by atoms with van der Waals surface area (Å²) in [5.74, 6) is 0.759. The van der Waals surface area contributed by atoms with Gasteiger partial charge in [-0.1, -0.05) is 11.6 Å². The monoisotopic (exact) mass is 334 g/mol. The highest BCUT2D eigenvalue weighted by molar-refractivity contribution is 6.30. The molecule has 0 spiro atoms. The lowest BCUT2D eigenvalue weighted by Crippen LogP contribution is -2.22. The molecule has 1 aromatic heterocycles. The van der Waals surface area contributed by atoms with Crippen LogP contribution in [0.5, 0.6) is 5.75 Å². The second-order valence-corrected chi connectivity index (χ2v) is 6.53. The van der Waals surface area contributed by atoms with Gasteiger partial charge in [-0.3, -0.25) is 4.98 Å². The predicted molar refractivity (Wildman–Crippen MR) is 89.5 cm³/mol. The SMILES string of the molecule is Cc1cc(Cl)cc(C)c1OC(c1cncc(F)c1)C1CCNC1. The molecule has 1 aliphatic rings. The zero-order valence-corrected chi connectivity index (χ0v) is 14.0. The third-order valence-corrected chi connectivity index (χ3v) is 4.47. The van der Waals surface area contributed by atoms with E-state index in [9.17, 15) is 4.39 Å². The Bertz CT molecular complexity index is 678. The van der Waals surface area contributed by atoms with Crippen molar-refractivity contribution in [2.45, 2.75) is 26.4 Å². The molecule has 0 radical (unpaired) electrons. The molecular weight excluding hydrogens is 315 g/mol. The van der Waals surface area contributed by atoms with Crippen LogP contribution in [-0.2, 0) is 0 Å². The maximum atomic E-state index is 13.6. The van der Waals surface area contributed by atoms with E-state index in [0.717, 1.165) is 42.0 Å². The Morgan fingerprint density at radius 2 is 2.00 bits per heavy atom. The number of nitrogens with one attached hydrogen (secondary N) is 1. The maximum Gasteiger partial charge on any atom is 0.141 e. The van der Waals surface area contributed by atoms with E-state index < -0.39 is 0 Å². The van der Waals surface area contributed by atoms with Crippen molar-refractivity contribution in [3.8, 4) is 5.75 Å². The van der Waals surface area contributed by atoms with Crippen LogP contribution in [0, 0.1) is 25.6 Å². The first-order valence-electron chi connectivity index (χ1n) is 7.79. The summed E-state index contributed by atoms with van der Waals surface area (Å²) in [6.45, 7) is 5.75. The van der Waals surface area contributed by atoms with Crippen molar-refractivity contribution in [2.24, 2.45) is 5.92 Å². The molecule has 0 bridgehead atoms. The molecular formula is C18H20ClFN2O. The number of aromatic nitrogens is 1. The Balaban J connectivity index is 1.96. The molecule has 3 rings (SSSR count). The van der Waals surface area contributed by atoms with Gasteiger partial charge in [-0.2, -0.15) is 0 Å². The summed E-state index contributed by atoms with van der Waals surface area (Å²) in [6, 6.07) is 5.28. The van der Waals surface area contributed by atoms with E-state index in [2.05, 4.69) is 10.3 Å². The van der Waals surface area contributed by atoms with Crippen LogP contribution < -0.4 is 10.1 Å². The smallest absolute Gasteiger partial charge is 0.141 e. The fourth-order valence-corrected chi connectivity index (χ4v) is 3.49. The van der Waals surface area contributed by atoms with E-state index in [1.54, 1.807) is 6.20 Å².